The molecule has 0 saturated carbocycles. The van der Waals surface area contributed by atoms with E-state index < -0.39 is 0 Å². The number of para-hydroxylation sites is 1. The fourth-order valence-corrected chi connectivity index (χ4v) is 8.88. The molecule has 4 heteroatoms. The molecule has 3 heterocycles. The van der Waals surface area contributed by atoms with Gasteiger partial charge in [-0.2, -0.15) is 0 Å². The van der Waals surface area contributed by atoms with Gasteiger partial charge < -0.3 is 9.13 Å². The predicted octanol–water partition coefficient (Wildman–Crippen LogP) is 14.0. The molecule has 0 radical (unpaired) electrons. The van der Waals surface area contributed by atoms with E-state index in [4.69, 9.17) is 9.97 Å². The first-order valence-electron chi connectivity index (χ1n) is 19.7. The van der Waals surface area contributed by atoms with Gasteiger partial charge in [0.1, 0.15) is 0 Å². The van der Waals surface area contributed by atoms with Crippen molar-refractivity contribution in [2.24, 2.45) is 0 Å². The number of aromatic nitrogens is 4. The van der Waals surface area contributed by atoms with Crippen LogP contribution in [-0.2, 0) is 0 Å². The van der Waals surface area contributed by atoms with Crippen LogP contribution < -0.4 is 0 Å². The monoisotopic (exact) mass is 738 g/mol. The van der Waals surface area contributed by atoms with Crippen molar-refractivity contribution in [1.82, 2.24) is 19.1 Å². The van der Waals surface area contributed by atoms with Gasteiger partial charge in [0.05, 0.1) is 33.5 Å². The van der Waals surface area contributed by atoms with E-state index in [2.05, 4.69) is 203 Å². The summed E-state index contributed by atoms with van der Waals surface area (Å²) < 4.78 is 4.86. The summed E-state index contributed by atoms with van der Waals surface area (Å²) in [7, 11) is 0. The summed E-state index contributed by atoms with van der Waals surface area (Å²) in [5.41, 5.74) is 11.8. The third-order valence-corrected chi connectivity index (χ3v) is 11.6. The Balaban J connectivity index is 1.11. The van der Waals surface area contributed by atoms with Crippen LogP contribution in [0.25, 0.3) is 110 Å². The molecule has 0 atom stereocenters. The van der Waals surface area contributed by atoms with Crippen LogP contribution in [-0.4, -0.2) is 19.1 Å². The van der Waals surface area contributed by atoms with Gasteiger partial charge in [0.15, 0.2) is 5.82 Å². The largest absolute Gasteiger partial charge is 0.309 e. The van der Waals surface area contributed by atoms with Crippen LogP contribution in [0, 0.1) is 0 Å². The molecule has 4 nitrogen and oxygen atoms in total. The Morgan fingerprint density at radius 2 is 0.655 bits per heavy atom. The predicted molar refractivity (Wildman–Crippen MR) is 242 cm³/mol. The number of nitrogens with zero attached hydrogens (tertiary/aromatic N) is 4. The van der Waals surface area contributed by atoms with Crippen LogP contribution >= 0.6 is 0 Å². The summed E-state index contributed by atoms with van der Waals surface area (Å²) >= 11 is 0. The number of benzene rings is 9. The molecule has 0 saturated heterocycles. The second-order valence-electron chi connectivity index (χ2n) is 15.1. The summed E-state index contributed by atoms with van der Waals surface area (Å²) in [6.07, 6.45) is 0. The van der Waals surface area contributed by atoms with Crippen molar-refractivity contribution in [2.45, 2.75) is 0 Å². The van der Waals surface area contributed by atoms with E-state index in [-0.39, 0.29) is 0 Å². The van der Waals surface area contributed by atoms with Crippen LogP contribution in [0.5, 0.6) is 0 Å². The van der Waals surface area contributed by atoms with Crippen molar-refractivity contribution in [1.29, 1.82) is 0 Å². The molecule has 3 aromatic heterocycles. The maximum Gasteiger partial charge on any atom is 0.160 e. The molecule has 0 unspecified atom stereocenters. The highest BCUT2D eigenvalue weighted by Gasteiger charge is 2.20. The van der Waals surface area contributed by atoms with E-state index in [1.807, 2.05) is 12.1 Å². The smallest absolute Gasteiger partial charge is 0.160 e. The topological polar surface area (TPSA) is 35.6 Å². The minimum Gasteiger partial charge on any atom is -0.309 e. The van der Waals surface area contributed by atoms with Gasteiger partial charge in [-0.3, -0.25) is 0 Å². The highest BCUT2D eigenvalue weighted by Crippen LogP contribution is 2.42. The first-order chi connectivity index (χ1) is 28.7. The molecule has 0 amide bonds. The van der Waals surface area contributed by atoms with Gasteiger partial charge in [0, 0.05) is 49.6 Å². The Labute approximate surface area is 334 Å². The molecule has 0 aliphatic carbocycles. The van der Waals surface area contributed by atoms with Gasteiger partial charge in [-0.1, -0.05) is 127 Å². The van der Waals surface area contributed by atoms with Crippen molar-refractivity contribution >= 4 is 65.2 Å². The van der Waals surface area contributed by atoms with Crippen LogP contribution in [0.2, 0.25) is 0 Å². The number of hydrogen-bond acceptors (Lipinski definition) is 2. The van der Waals surface area contributed by atoms with E-state index in [1.54, 1.807) is 0 Å². The van der Waals surface area contributed by atoms with Crippen molar-refractivity contribution in [3.63, 3.8) is 0 Å². The Kier molecular flexibility index (Phi) is 7.20. The van der Waals surface area contributed by atoms with Crippen molar-refractivity contribution in [3.05, 3.63) is 206 Å². The molecule has 12 aromatic rings. The Bertz CT molecular complexity index is 3470. The first-order valence-corrected chi connectivity index (χ1v) is 19.7. The Hall–Kier alpha value is -7.82. The lowest BCUT2D eigenvalue weighted by atomic mass is 10.0. The molecule has 0 N–H and O–H groups in total. The van der Waals surface area contributed by atoms with E-state index in [0.29, 0.717) is 5.82 Å². The molecular weight excluding hydrogens is 705 g/mol. The maximum atomic E-state index is 5.12. The van der Waals surface area contributed by atoms with E-state index in [1.165, 1.54) is 59.6 Å². The molecule has 0 bridgehead atoms. The maximum absolute atomic E-state index is 5.12. The van der Waals surface area contributed by atoms with Crippen LogP contribution in [0.3, 0.4) is 0 Å². The highest BCUT2D eigenvalue weighted by molar-refractivity contribution is 6.22. The van der Waals surface area contributed by atoms with Crippen molar-refractivity contribution in [3.8, 4) is 45.3 Å². The summed E-state index contributed by atoms with van der Waals surface area (Å²) in [5.74, 6) is 0.696. The average molecular weight is 739 g/mol. The quantitative estimate of drug-likeness (QED) is 0.176. The fraction of sp³-hybridized carbons (Fsp3) is 0. The lowest BCUT2D eigenvalue weighted by molar-refractivity contribution is 1.16. The van der Waals surface area contributed by atoms with Gasteiger partial charge in [0.2, 0.25) is 0 Å². The SMILES string of the molecule is c1ccc(-c2cc(-c3ccccc3)nc(-c3ccc(-n4c5cc6ccccc6cc5c5cc6c7cc8ccccc8cc7n(-c7ccccc7)c6cc54)cc3)n2)cc1. The summed E-state index contributed by atoms with van der Waals surface area (Å²) in [6, 6.07) is 73.9. The van der Waals surface area contributed by atoms with Gasteiger partial charge in [-0.25, -0.2) is 9.97 Å². The third kappa shape index (κ3) is 5.16. The van der Waals surface area contributed by atoms with E-state index >= 15 is 0 Å². The van der Waals surface area contributed by atoms with E-state index in [0.717, 1.165) is 45.0 Å². The molecule has 0 spiro atoms. The second kappa shape index (κ2) is 12.9. The standard InChI is InChI=1S/C54H34N4/c1-4-14-35(15-5-1)48-33-49(36-16-6-2-7-17-36)56-54(55-48)37-24-26-43(27-25-37)58-51-31-41-21-13-11-19-39(41)29-45(51)47-32-46-44-28-38-18-10-12-20-40(38)30-50(44)57(52(46)34-53(47)58)42-22-8-3-9-23-42/h1-34H. The minimum atomic E-state index is 0.696. The van der Waals surface area contributed by atoms with Crippen molar-refractivity contribution in [2.75, 3.05) is 0 Å². The van der Waals surface area contributed by atoms with Crippen molar-refractivity contribution < 1.29 is 0 Å². The molecular formula is C54H34N4. The van der Waals surface area contributed by atoms with Gasteiger partial charge in [0.25, 0.3) is 0 Å². The Morgan fingerprint density at radius 1 is 0.276 bits per heavy atom. The normalized spacial score (nSPS) is 11.8. The first kappa shape index (κ1) is 32.4. The zero-order chi connectivity index (χ0) is 38.2. The summed E-state index contributed by atoms with van der Waals surface area (Å²) in [5, 5.41) is 9.86. The van der Waals surface area contributed by atoms with Gasteiger partial charge in [-0.15, -0.1) is 0 Å². The Morgan fingerprint density at radius 3 is 1.14 bits per heavy atom. The number of fused-ring (bicyclic) bond motifs is 8. The third-order valence-electron chi connectivity index (χ3n) is 11.6. The molecule has 9 aromatic carbocycles. The van der Waals surface area contributed by atoms with Gasteiger partial charge in [-0.05, 0) is 100 Å². The zero-order valence-corrected chi connectivity index (χ0v) is 31.4. The minimum absolute atomic E-state index is 0.696. The molecule has 0 aliphatic heterocycles. The molecule has 58 heavy (non-hydrogen) atoms. The fourth-order valence-electron chi connectivity index (χ4n) is 8.88. The van der Waals surface area contributed by atoms with Crippen LogP contribution in [0.1, 0.15) is 0 Å². The molecule has 0 aliphatic rings. The summed E-state index contributed by atoms with van der Waals surface area (Å²) in [4.78, 5) is 10.2. The van der Waals surface area contributed by atoms with Gasteiger partial charge >= 0.3 is 0 Å². The highest BCUT2D eigenvalue weighted by atomic mass is 15.0. The van der Waals surface area contributed by atoms with E-state index in [9.17, 15) is 0 Å². The van der Waals surface area contributed by atoms with Crippen LogP contribution in [0.15, 0.2) is 206 Å². The molecule has 270 valence electrons. The average Bonchev–Trinajstić information content (AvgIpc) is 3.77. The number of hydrogen-bond donors (Lipinski definition) is 0. The van der Waals surface area contributed by atoms with Crippen LogP contribution in [0.4, 0.5) is 0 Å². The lowest BCUT2D eigenvalue weighted by Crippen LogP contribution is -1.98. The molecule has 0 fully saturated rings. The summed E-state index contributed by atoms with van der Waals surface area (Å²) in [6.45, 7) is 0. The lowest BCUT2D eigenvalue weighted by Gasteiger charge is -2.12. The zero-order valence-electron chi connectivity index (χ0n) is 31.4. The second-order valence-corrected chi connectivity index (χ2v) is 15.1. The number of rotatable bonds is 5. The molecule has 12 rings (SSSR count).